The minimum absolute atomic E-state index is 0.0640. The van der Waals surface area contributed by atoms with Gasteiger partial charge in [-0.05, 0) is 12.1 Å². The summed E-state index contributed by atoms with van der Waals surface area (Å²) >= 11 is 2.94. The maximum Gasteiger partial charge on any atom is 0.258 e. The molecule has 4 rings (SSSR count). The van der Waals surface area contributed by atoms with Gasteiger partial charge in [-0.3, -0.25) is 14.2 Å². The highest BCUT2D eigenvalue weighted by molar-refractivity contribution is 7.98. The summed E-state index contributed by atoms with van der Waals surface area (Å²) in [4.78, 5) is 21.3. The maximum atomic E-state index is 12.0. The molecule has 0 atom stereocenters. The van der Waals surface area contributed by atoms with Crippen molar-refractivity contribution < 1.29 is 0 Å². The zero-order valence-electron chi connectivity index (χ0n) is 12.7. The standard InChI is InChI=1S/C15H12N6OS2/c1-20-13(10-3-2-4-16-8-10)18-19-15(20)24-9-11-7-12(22)21-5-6-23-14(21)17-11/h2-8H,9H2,1H3. The predicted octanol–water partition coefficient (Wildman–Crippen LogP) is 2.24. The molecule has 7 nitrogen and oxygen atoms in total. The first kappa shape index (κ1) is 15.0. The molecule has 120 valence electrons. The molecular weight excluding hydrogens is 344 g/mol. The molecule has 0 fully saturated rings. The summed E-state index contributed by atoms with van der Waals surface area (Å²) in [5.74, 6) is 1.31. The van der Waals surface area contributed by atoms with Gasteiger partial charge in [0, 0.05) is 48.4 Å². The van der Waals surface area contributed by atoms with Crippen molar-refractivity contribution in [1.29, 1.82) is 0 Å². The van der Waals surface area contributed by atoms with E-state index in [9.17, 15) is 4.79 Å². The second-order valence-electron chi connectivity index (χ2n) is 5.04. The molecule has 4 heterocycles. The highest BCUT2D eigenvalue weighted by atomic mass is 32.2. The fourth-order valence-corrected chi connectivity index (χ4v) is 3.83. The molecule has 0 N–H and O–H groups in total. The molecule has 0 amide bonds. The van der Waals surface area contributed by atoms with Crippen molar-refractivity contribution in [3.05, 3.63) is 58.2 Å². The van der Waals surface area contributed by atoms with Crippen molar-refractivity contribution in [1.82, 2.24) is 29.1 Å². The molecular formula is C15H12N6OS2. The van der Waals surface area contributed by atoms with Crippen LogP contribution in [0.5, 0.6) is 0 Å². The van der Waals surface area contributed by atoms with E-state index in [4.69, 9.17) is 0 Å². The summed E-state index contributed by atoms with van der Waals surface area (Å²) in [6.45, 7) is 0. The molecule has 9 heteroatoms. The molecule has 24 heavy (non-hydrogen) atoms. The third-order valence-corrected chi connectivity index (χ3v) is 5.27. The number of aromatic nitrogens is 6. The van der Waals surface area contributed by atoms with E-state index >= 15 is 0 Å². The number of fused-ring (bicyclic) bond motifs is 1. The maximum absolute atomic E-state index is 12.0. The van der Waals surface area contributed by atoms with E-state index in [1.165, 1.54) is 23.1 Å². The Labute approximate surface area is 145 Å². The predicted molar refractivity (Wildman–Crippen MR) is 93.1 cm³/mol. The Morgan fingerprint density at radius 2 is 2.25 bits per heavy atom. The molecule has 4 aromatic heterocycles. The summed E-state index contributed by atoms with van der Waals surface area (Å²) in [6, 6.07) is 5.37. The number of hydrogen-bond acceptors (Lipinski definition) is 7. The molecule has 0 aliphatic heterocycles. The first-order valence-corrected chi connectivity index (χ1v) is 8.97. The molecule has 0 radical (unpaired) electrons. The molecule has 0 saturated heterocycles. The van der Waals surface area contributed by atoms with Crippen LogP contribution in [-0.4, -0.2) is 29.1 Å². The Balaban J connectivity index is 1.57. The summed E-state index contributed by atoms with van der Waals surface area (Å²) in [6.07, 6.45) is 5.21. The van der Waals surface area contributed by atoms with Crippen molar-refractivity contribution in [3.63, 3.8) is 0 Å². The highest BCUT2D eigenvalue weighted by Gasteiger charge is 2.12. The second kappa shape index (κ2) is 6.17. The fraction of sp³-hybridized carbons (Fsp3) is 0.133. The van der Waals surface area contributed by atoms with Crippen LogP contribution in [0.1, 0.15) is 5.69 Å². The van der Waals surface area contributed by atoms with E-state index in [0.29, 0.717) is 10.7 Å². The SMILES string of the molecule is Cn1c(SCc2cc(=O)n3ccsc3n2)nnc1-c1cccnc1. The van der Waals surface area contributed by atoms with Gasteiger partial charge in [0.2, 0.25) is 0 Å². The lowest BCUT2D eigenvalue weighted by Gasteiger charge is -2.03. The van der Waals surface area contributed by atoms with Crippen molar-refractivity contribution >= 4 is 28.1 Å². The van der Waals surface area contributed by atoms with Crippen LogP contribution >= 0.6 is 23.1 Å². The third-order valence-electron chi connectivity index (χ3n) is 3.46. The Bertz CT molecular complexity index is 1050. The summed E-state index contributed by atoms with van der Waals surface area (Å²) in [5.41, 5.74) is 1.58. The van der Waals surface area contributed by atoms with Gasteiger partial charge < -0.3 is 4.57 Å². The molecule has 0 bridgehead atoms. The average Bonchev–Trinajstić information content (AvgIpc) is 3.21. The molecule has 0 aromatic carbocycles. The topological polar surface area (TPSA) is 78.0 Å². The van der Waals surface area contributed by atoms with Crippen molar-refractivity contribution in [2.75, 3.05) is 0 Å². The summed E-state index contributed by atoms with van der Waals surface area (Å²) < 4.78 is 3.46. The largest absolute Gasteiger partial charge is 0.305 e. The third kappa shape index (κ3) is 2.72. The van der Waals surface area contributed by atoms with E-state index < -0.39 is 0 Å². The lowest BCUT2D eigenvalue weighted by Crippen LogP contribution is -2.12. The van der Waals surface area contributed by atoms with E-state index in [2.05, 4.69) is 20.2 Å². The van der Waals surface area contributed by atoms with Gasteiger partial charge >= 0.3 is 0 Å². The Kier molecular flexibility index (Phi) is 3.87. The van der Waals surface area contributed by atoms with Gasteiger partial charge in [0.25, 0.3) is 5.56 Å². The molecule has 0 unspecified atom stereocenters. The molecule has 0 aliphatic carbocycles. The Morgan fingerprint density at radius 1 is 1.33 bits per heavy atom. The molecule has 0 saturated carbocycles. The van der Waals surface area contributed by atoms with Gasteiger partial charge in [0.05, 0.1) is 5.69 Å². The van der Waals surface area contributed by atoms with Crippen LogP contribution in [0, 0.1) is 0 Å². The quantitative estimate of drug-likeness (QED) is 0.522. The van der Waals surface area contributed by atoms with E-state index in [0.717, 1.165) is 22.2 Å². The van der Waals surface area contributed by atoms with Crippen LogP contribution in [-0.2, 0) is 12.8 Å². The molecule has 0 aliphatic rings. The van der Waals surface area contributed by atoms with Gasteiger partial charge in [-0.15, -0.1) is 21.5 Å². The first-order valence-electron chi connectivity index (χ1n) is 7.11. The van der Waals surface area contributed by atoms with Crippen molar-refractivity contribution in [2.24, 2.45) is 7.05 Å². The number of pyridine rings is 1. The average molecular weight is 356 g/mol. The van der Waals surface area contributed by atoms with Gasteiger partial charge in [0.15, 0.2) is 15.9 Å². The second-order valence-corrected chi connectivity index (χ2v) is 6.85. The number of rotatable bonds is 4. The minimum Gasteiger partial charge on any atom is -0.305 e. The minimum atomic E-state index is -0.0640. The molecule has 4 aromatic rings. The number of thioether (sulfide) groups is 1. The van der Waals surface area contributed by atoms with Crippen LogP contribution in [0.4, 0.5) is 0 Å². The number of thiazole rings is 1. The monoisotopic (exact) mass is 356 g/mol. The van der Waals surface area contributed by atoms with Crippen LogP contribution in [0.25, 0.3) is 16.3 Å². The smallest absolute Gasteiger partial charge is 0.258 e. The Hall–Kier alpha value is -2.52. The van der Waals surface area contributed by atoms with Crippen LogP contribution in [0.3, 0.4) is 0 Å². The van der Waals surface area contributed by atoms with Crippen molar-refractivity contribution in [3.8, 4) is 11.4 Å². The van der Waals surface area contributed by atoms with Crippen molar-refractivity contribution in [2.45, 2.75) is 10.9 Å². The van der Waals surface area contributed by atoms with Gasteiger partial charge in [-0.1, -0.05) is 11.8 Å². The zero-order valence-corrected chi connectivity index (χ0v) is 14.3. The van der Waals surface area contributed by atoms with Gasteiger partial charge in [0.1, 0.15) is 0 Å². The van der Waals surface area contributed by atoms with Gasteiger partial charge in [-0.25, -0.2) is 4.98 Å². The van der Waals surface area contributed by atoms with Gasteiger partial charge in [-0.2, -0.15) is 0 Å². The highest BCUT2D eigenvalue weighted by Crippen LogP contribution is 2.24. The number of nitrogens with zero attached hydrogens (tertiary/aromatic N) is 6. The zero-order chi connectivity index (χ0) is 16.5. The van der Waals surface area contributed by atoms with E-state index in [-0.39, 0.29) is 5.56 Å². The summed E-state index contributed by atoms with van der Waals surface area (Å²) in [5, 5.41) is 11.1. The van der Waals surface area contributed by atoms with E-state index in [1.54, 1.807) is 29.1 Å². The lowest BCUT2D eigenvalue weighted by molar-refractivity contribution is 0.793. The normalized spacial score (nSPS) is 11.2. The van der Waals surface area contributed by atoms with Crippen LogP contribution in [0.2, 0.25) is 0 Å². The van der Waals surface area contributed by atoms with Crippen LogP contribution < -0.4 is 5.56 Å². The summed E-state index contributed by atoms with van der Waals surface area (Å²) in [7, 11) is 1.91. The van der Waals surface area contributed by atoms with E-state index in [1.807, 2.05) is 29.1 Å². The molecule has 0 spiro atoms. The lowest BCUT2D eigenvalue weighted by atomic mass is 10.3. The number of hydrogen-bond donors (Lipinski definition) is 0. The first-order chi connectivity index (χ1) is 11.7. The fourth-order valence-electron chi connectivity index (χ4n) is 2.29. The Morgan fingerprint density at radius 3 is 3.08 bits per heavy atom. The van der Waals surface area contributed by atoms with Crippen LogP contribution in [0.15, 0.2) is 52.1 Å².